The summed E-state index contributed by atoms with van der Waals surface area (Å²) in [5, 5.41) is 0. The molecule has 0 N–H and O–H groups in total. The second-order valence-electron chi connectivity index (χ2n) is 2.94. The highest BCUT2D eigenvalue weighted by atomic mass is 79.9. The number of hydrogen-bond acceptors (Lipinski definition) is 2. The zero-order chi connectivity index (χ0) is 11.4. The van der Waals surface area contributed by atoms with Gasteiger partial charge >= 0.3 is 6.61 Å². The van der Waals surface area contributed by atoms with Crippen molar-refractivity contribution in [3.05, 3.63) is 28.2 Å². The molecule has 1 aromatic carbocycles. The minimum absolute atomic E-state index is 0.132. The summed E-state index contributed by atoms with van der Waals surface area (Å²) in [6.07, 6.45) is -0.180. The molecule has 0 aliphatic rings. The molecule has 5 heteroatoms. The van der Waals surface area contributed by atoms with Crippen LogP contribution in [0.5, 0.6) is 5.75 Å². The van der Waals surface area contributed by atoms with Gasteiger partial charge in [-0.15, -0.1) is 0 Å². The lowest BCUT2D eigenvalue weighted by molar-refractivity contribution is -0.0500. The minimum atomic E-state index is -2.81. The molecule has 1 rings (SSSR count). The van der Waals surface area contributed by atoms with E-state index in [1.165, 1.54) is 12.1 Å². The summed E-state index contributed by atoms with van der Waals surface area (Å²) >= 11 is 3.32. The van der Waals surface area contributed by atoms with Gasteiger partial charge in [-0.05, 0) is 30.7 Å². The van der Waals surface area contributed by atoms with Gasteiger partial charge in [-0.25, -0.2) is 0 Å². The van der Waals surface area contributed by atoms with Gasteiger partial charge in [0.25, 0.3) is 0 Å². The van der Waals surface area contributed by atoms with E-state index in [4.69, 9.17) is 4.74 Å². The van der Waals surface area contributed by atoms with Gasteiger partial charge in [0, 0.05) is 11.6 Å². The molecular weight excluding hydrogens is 270 g/mol. The smallest absolute Gasteiger partial charge is 0.387 e. The maximum Gasteiger partial charge on any atom is 0.387 e. The highest BCUT2D eigenvalue weighted by Crippen LogP contribution is 2.29. The van der Waals surface area contributed by atoms with Crippen LogP contribution in [0.2, 0.25) is 0 Å². The van der Waals surface area contributed by atoms with Gasteiger partial charge in [0.1, 0.15) is 5.75 Å². The van der Waals surface area contributed by atoms with Gasteiger partial charge in [-0.1, -0.05) is 15.9 Å². The van der Waals surface area contributed by atoms with Crippen LogP contribution in [-0.2, 0) is 4.74 Å². The van der Waals surface area contributed by atoms with Crippen LogP contribution < -0.4 is 4.74 Å². The second kappa shape index (κ2) is 5.42. The standard InChI is InChI=1S/C10H11BrF2O2/c1-6(14-2)8-5-7(15-10(12)13)3-4-9(8)11/h3-6,10H,1-2H3/t6-/m0/s1. The normalized spacial score (nSPS) is 12.9. The molecule has 1 aromatic rings. The van der Waals surface area contributed by atoms with Crippen molar-refractivity contribution in [1.82, 2.24) is 0 Å². The first-order chi connectivity index (χ1) is 7.04. The third kappa shape index (κ3) is 3.43. The molecule has 0 spiro atoms. The van der Waals surface area contributed by atoms with Gasteiger partial charge in [0.05, 0.1) is 6.10 Å². The van der Waals surface area contributed by atoms with Crippen molar-refractivity contribution in [1.29, 1.82) is 0 Å². The van der Waals surface area contributed by atoms with E-state index in [0.717, 1.165) is 10.0 Å². The largest absolute Gasteiger partial charge is 0.435 e. The van der Waals surface area contributed by atoms with Crippen LogP contribution in [0.15, 0.2) is 22.7 Å². The monoisotopic (exact) mass is 280 g/mol. The zero-order valence-electron chi connectivity index (χ0n) is 8.34. The Morgan fingerprint density at radius 3 is 2.53 bits per heavy atom. The Labute approximate surface area is 95.3 Å². The summed E-state index contributed by atoms with van der Waals surface area (Å²) < 4.78 is 34.1. The molecule has 0 bridgehead atoms. The average Bonchev–Trinajstić information content (AvgIpc) is 2.19. The van der Waals surface area contributed by atoms with E-state index >= 15 is 0 Å². The van der Waals surface area contributed by atoms with Gasteiger partial charge < -0.3 is 9.47 Å². The zero-order valence-corrected chi connectivity index (χ0v) is 9.92. The van der Waals surface area contributed by atoms with Crippen molar-refractivity contribution in [2.75, 3.05) is 7.11 Å². The molecule has 0 heterocycles. The second-order valence-corrected chi connectivity index (χ2v) is 3.79. The van der Waals surface area contributed by atoms with E-state index in [1.54, 1.807) is 13.2 Å². The van der Waals surface area contributed by atoms with Crippen molar-refractivity contribution in [3.63, 3.8) is 0 Å². The molecule has 0 amide bonds. The summed E-state index contributed by atoms with van der Waals surface area (Å²) in [7, 11) is 1.55. The minimum Gasteiger partial charge on any atom is -0.435 e. The van der Waals surface area contributed by atoms with E-state index in [-0.39, 0.29) is 11.9 Å². The highest BCUT2D eigenvalue weighted by Gasteiger charge is 2.11. The van der Waals surface area contributed by atoms with Gasteiger partial charge in [0.15, 0.2) is 0 Å². The van der Waals surface area contributed by atoms with Crippen molar-refractivity contribution in [3.8, 4) is 5.75 Å². The Bertz CT molecular complexity index is 331. The van der Waals surface area contributed by atoms with Crippen molar-refractivity contribution < 1.29 is 18.3 Å². The Balaban J connectivity index is 2.94. The van der Waals surface area contributed by atoms with E-state index in [1.807, 2.05) is 6.92 Å². The third-order valence-corrected chi connectivity index (χ3v) is 2.71. The number of rotatable bonds is 4. The third-order valence-electron chi connectivity index (χ3n) is 1.98. The number of hydrogen-bond donors (Lipinski definition) is 0. The SMILES string of the molecule is CO[C@@H](C)c1cc(OC(F)F)ccc1Br. The summed E-state index contributed by atoms with van der Waals surface area (Å²) in [6.45, 7) is -0.983. The topological polar surface area (TPSA) is 18.5 Å². The number of halogens is 3. The molecule has 84 valence electrons. The van der Waals surface area contributed by atoms with E-state index in [9.17, 15) is 8.78 Å². The molecule has 0 aromatic heterocycles. The highest BCUT2D eigenvalue weighted by molar-refractivity contribution is 9.10. The lowest BCUT2D eigenvalue weighted by Crippen LogP contribution is -2.03. The summed E-state index contributed by atoms with van der Waals surface area (Å²) in [5.74, 6) is 0.132. The molecule has 1 atom stereocenters. The maximum absolute atomic E-state index is 12.0. The van der Waals surface area contributed by atoms with Crippen molar-refractivity contribution in [2.24, 2.45) is 0 Å². The molecule has 0 aliphatic heterocycles. The van der Waals surface area contributed by atoms with Gasteiger partial charge in [-0.3, -0.25) is 0 Å². The molecule has 0 fully saturated rings. The predicted molar refractivity (Wildman–Crippen MR) is 56.2 cm³/mol. The van der Waals surface area contributed by atoms with Crippen LogP contribution in [0.25, 0.3) is 0 Å². The lowest BCUT2D eigenvalue weighted by Gasteiger charge is -2.13. The van der Waals surface area contributed by atoms with Crippen LogP contribution in [-0.4, -0.2) is 13.7 Å². The fraction of sp³-hybridized carbons (Fsp3) is 0.400. The quantitative estimate of drug-likeness (QED) is 0.836. The Morgan fingerprint density at radius 2 is 2.00 bits per heavy atom. The molecule has 0 unspecified atom stereocenters. The van der Waals surface area contributed by atoms with Crippen LogP contribution in [0.1, 0.15) is 18.6 Å². The summed E-state index contributed by atoms with van der Waals surface area (Å²) in [5.41, 5.74) is 0.774. The number of methoxy groups -OCH3 is 1. The Hall–Kier alpha value is -0.680. The first kappa shape index (κ1) is 12.4. The molecular formula is C10H11BrF2O2. The first-order valence-electron chi connectivity index (χ1n) is 4.31. The van der Waals surface area contributed by atoms with Crippen molar-refractivity contribution in [2.45, 2.75) is 19.6 Å². The number of benzene rings is 1. The van der Waals surface area contributed by atoms with E-state index in [2.05, 4.69) is 20.7 Å². The fourth-order valence-electron chi connectivity index (χ4n) is 1.14. The van der Waals surface area contributed by atoms with Crippen LogP contribution >= 0.6 is 15.9 Å². The van der Waals surface area contributed by atoms with Crippen LogP contribution in [0.4, 0.5) is 8.78 Å². The Morgan fingerprint density at radius 1 is 1.33 bits per heavy atom. The first-order valence-corrected chi connectivity index (χ1v) is 5.11. The maximum atomic E-state index is 12.0. The molecule has 0 saturated heterocycles. The lowest BCUT2D eigenvalue weighted by atomic mass is 10.1. The molecule has 0 saturated carbocycles. The van der Waals surface area contributed by atoms with Gasteiger partial charge in [0.2, 0.25) is 0 Å². The number of alkyl halides is 2. The molecule has 2 nitrogen and oxygen atoms in total. The van der Waals surface area contributed by atoms with Crippen LogP contribution in [0.3, 0.4) is 0 Å². The van der Waals surface area contributed by atoms with Gasteiger partial charge in [-0.2, -0.15) is 8.78 Å². The summed E-state index contributed by atoms with van der Waals surface area (Å²) in [4.78, 5) is 0. The van der Waals surface area contributed by atoms with Crippen molar-refractivity contribution >= 4 is 15.9 Å². The van der Waals surface area contributed by atoms with Crippen LogP contribution in [0, 0.1) is 0 Å². The van der Waals surface area contributed by atoms with E-state index < -0.39 is 6.61 Å². The molecule has 15 heavy (non-hydrogen) atoms. The number of ether oxygens (including phenoxy) is 2. The summed E-state index contributed by atoms with van der Waals surface area (Å²) in [6, 6.07) is 4.66. The average molecular weight is 281 g/mol. The fourth-order valence-corrected chi connectivity index (χ4v) is 1.71. The molecule has 0 aliphatic carbocycles. The Kier molecular flexibility index (Phi) is 4.47. The van der Waals surface area contributed by atoms with E-state index in [0.29, 0.717) is 0 Å². The molecule has 0 radical (unpaired) electrons. The predicted octanol–water partition coefficient (Wildman–Crippen LogP) is 3.76.